The zero-order valence-electron chi connectivity index (χ0n) is 11.4. The van der Waals surface area contributed by atoms with Crippen LogP contribution >= 0.6 is 0 Å². The molecule has 1 aromatic rings. The number of hydrogen-bond acceptors (Lipinski definition) is 4. The van der Waals surface area contributed by atoms with Crippen LogP contribution in [0, 0.1) is 21.8 Å². The minimum atomic E-state index is -1.07. The Labute approximate surface area is 121 Å². The molecule has 1 aliphatic rings. The molecule has 0 saturated heterocycles. The van der Waals surface area contributed by atoms with Crippen LogP contribution in [0.1, 0.15) is 32.1 Å². The van der Waals surface area contributed by atoms with Gasteiger partial charge in [0.25, 0.3) is 5.69 Å². The first kappa shape index (κ1) is 15.2. The van der Waals surface area contributed by atoms with E-state index >= 15 is 0 Å². The quantitative estimate of drug-likeness (QED) is 0.643. The second kappa shape index (κ2) is 6.51. The van der Waals surface area contributed by atoms with Gasteiger partial charge in [-0.15, -0.1) is 0 Å². The molecule has 1 aliphatic carbocycles. The third-order valence-electron chi connectivity index (χ3n) is 3.85. The average Bonchev–Trinajstić information content (AvgIpc) is 2.45. The summed E-state index contributed by atoms with van der Waals surface area (Å²) < 4.78 is 13.3. The average molecular weight is 296 g/mol. The first-order valence-corrected chi connectivity index (χ1v) is 6.92. The van der Waals surface area contributed by atoms with Crippen molar-refractivity contribution in [2.75, 3.05) is 5.32 Å². The lowest BCUT2D eigenvalue weighted by Crippen LogP contribution is -2.38. The predicted octanol–water partition coefficient (Wildman–Crippen LogP) is 3.18. The van der Waals surface area contributed by atoms with Gasteiger partial charge in [0.1, 0.15) is 17.5 Å². The number of rotatable bonds is 5. The lowest BCUT2D eigenvalue weighted by atomic mass is 9.84. The van der Waals surface area contributed by atoms with Gasteiger partial charge in [-0.3, -0.25) is 10.1 Å². The Bertz CT molecular complexity index is 544. The summed E-state index contributed by atoms with van der Waals surface area (Å²) in [4.78, 5) is 21.7. The number of hydrogen-bond donors (Lipinski definition) is 2. The lowest BCUT2D eigenvalue weighted by Gasteiger charge is -2.28. The van der Waals surface area contributed by atoms with Crippen LogP contribution in [0.5, 0.6) is 0 Å². The van der Waals surface area contributed by atoms with Crippen molar-refractivity contribution in [1.82, 2.24) is 0 Å². The molecule has 1 unspecified atom stereocenters. The van der Waals surface area contributed by atoms with Gasteiger partial charge >= 0.3 is 5.97 Å². The second-order valence-electron chi connectivity index (χ2n) is 5.28. The van der Waals surface area contributed by atoms with E-state index in [4.69, 9.17) is 0 Å². The van der Waals surface area contributed by atoms with E-state index in [1.54, 1.807) is 0 Å². The van der Waals surface area contributed by atoms with Gasteiger partial charge in [-0.2, -0.15) is 0 Å². The molecular formula is C14H17FN2O4. The van der Waals surface area contributed by atoms with E-state index in [-0.39, 0.29) is 17.3 Å². The van der Waals surface area contributed by atoms with E-state index < -0.39 is 22.8 Å². The molecule has 1 aromatic carbocycles. The van der Waals surface area contributed by atoms with Gasteiger partial charge in [0, 0.05) is 12.1 Å². The molecule has 21 heavy (non-hydrogen) atoms. The molecule has 114 valence electrons. The van der Waals surface area contributed by atoms with Crippen LogP contribution in [0.3, 0.4) is 0 Å². The summed E-state index contributed by atoms with van der Waals surface area (Å²) in [6, 6.07) is 2.06. The van der Waals surface area contributed by atoms with E-state index in [9.17, 15) is 24.4 Å². The fourth-order valence-corrected chi connectivity index (χ4v) is 2.80. The third-order valence-corrected chi connectivity index (χ3v) is 3.85. The van der Waals surface area contributed by atoms with Gasteiger partial charge in [0.05, 0.1) is 4.92 Å². The highest BCUT2D eigenvalue weighted by Gasteiger charge is 2.31. The molecule has 0 radical (unpaired) electrons. The zero-order chi connectivity index (χ0) is 15.4. The van der Waals surface area contributed by atoms with Gasteiger partial charge in [-0.1, -0.05) is 19.3 Å². The van der Waals surface area contributed by atoms with Crippen molar-refractivity contribution >= 4 is 17.3 Å². The van der Waals surface area contributed by atoms with E-state index in [1.165, 1.54) is 0 Å². The number of carbonyl (C=O) groups is 1. The Hall–Kier alpha value is -2.18. The van der Waals surface area contributed by atoms with Crippen molar-refractivity contribution in [2.24, 2.45) is 5.92 Å². The van der Waals surface area contributed by atoms with Crippen molar-refractivity contribution in [3.8, 4) is 0 Å². The fraction of sp³-hybridized carbons (Fsp3) is 0.500. The topological polar surface area (TPSA) is 92.5 Å². The van der Waals surface area contributed by atoms with Crippen LogP contribution in [-0.4, -0.2) is 22.0 Å². The summed E-state index contributed by atoms with van der Waals surface area (Å²) in [7, 11) is 0. The fourth-order valence-electron chi connectivity index (χ4n) is 2.80. The van der Waals surface area contributed by atoms with E-state index in [1.807, 2.05) is 0 Å². The first-order valence-electron chi connectivity index (χ1n) is 6.92. The standard InChI is InChI=1S/C14H17FN2O4/c15-10-6-7-12(17(20)21)11(8-10)16-13(14(18)19)9-4-2-1-3-5-9/h6-9,13,16H,1-5H2,(H,18,19). The number of nitro groups is 1. The number of carboxylic acids is 1. The van der Waals surface area contributed by atoms with Gasteiger partial charge < -0.3 is 10.4 Å². The molecule has 0 amide bonds. The van der Waals surface area contributed by atoms with Crippen molar-refractivity contribution in [2.45, 2.75) is 38.1 Å². The number of halogens is 1. The maximum Gasteiger partial charge on any atom is 0.326 e. The number of aliphatic carboxylic acids is 1. The Morgan fingerprint density at radius 2 is 2.05 bits per heavy atom. The minimum Gasteiger partial charge on any atom is -0.480 e. The van der Waals surface area contributed by atoms with Gasteiger partial charge in [-0.25, -0.2) is 9.18 Å². The maximum absolute atomic E-state index is 13.3. The molecular weight excluding hydrogens is 279 g/mol. The van der Waals surface area contributed by atoms with Gasteiger partial charge in [-0.05, 0) is 24.8 Å². The van der Waals surface area contributed by atoms with Crippen molar-refractivity contribution in [1.29, 1.82) is 0 Å². The molecule has 0 aliphatic heterocycles. The van der Waals surface area contributed by atoms with Crippen molar-refractivity contribution < 1.29 is 19.2 Å². The van der Waals surface area contributed by atoms with Crippen LogP contribution in [0.2, 0.25) is 0 Å². The van der Waals surface area contributed by atoms with Crippen LogP contribution < -0.4 is 5.32 Å². The van der Waals surface area contributed by atoms with Gasteiger partial charge in [0.15, 0.2) is 0 Å². The minimum absolute atomic E-state index is 0.0852. The summed E-state index contributed by atoms with van der Waals surface area (Å²) in [6.07, 6.45) is 4.48. The molecule has 0 heterocycles. The molecule has 0 spiro atoms. The largest absolute Gasteiger partial charge is 0.480 e. The Morgan fingerprint density at radius 1 is 1.38 bits per heavy atom. The van der Waals surface area contributed by atoms with Crippen molar-refractivity contribution in [3.63, 3.8) is 0 Å². The molecule has 1 fully saturated rings. The van der Waals surface area contributed by atoms with E-state index in [0.717, 1.165) is 50.3 Å². The zero-order valence-corrected chi connectivity index (χ0v) is 11.4. The second-order valence-corrected chi connectivity index (χ2v) is 5.28. The number of benzene rings is 1. The molecule has 2 N–H and O–H groups in total. The third kappa shape index (κ3) is 3.68. The SMILES string of the molecule is O=C(O)C(Nc1cc(F)ccc1[N+](=O)[O-])C1CCCCC1. The van der Waals surface area contributed by atoms with Crippen molar-refractivity contribution in [3.05, 3.63) is 34.1 Å². The summed E-state index contributed by atoms with van der Waals surface area (Å²) >= 11 is 0. The number of nitrogens with one attached hydrogen (secondary N) is 1. The summed E-state index contributed by atoms with van der Waals surface area (Å²) in [6.45, 7) is 0. The summed E-state index contributed by atoms with van der Waals surface area (Å²) in [5.41, 5.74) is -0.406. The molecule has 0 aromatic heterocycles. The monoisotopic (exact) mass is 296 g/mol. The summed E-state index contributed by atoms with van der Waals surface area (Å²) in [5.74, 6) is -1.81. The maximum atomic E-state index is 13.3. The van der Waals surface area contributed by atoms with E-state index in [0.29, 0.717) is 0 Å². The Balaban J connectivity index is 2.26. The van der Waals surface area contributed by atoms with Crippen LogP contribution in [0.25, 0.3) is 0 Å². The Morgan fingerprint density at radius 3 is 2.62 bits per heavy atom. The molecule has 6 nitrogen and oxygen atoms in total. The number of anilines is 1. The molecule has 1 saturated carbocycles. The molecule has 0 bridgehead atoms. The van der Waals surface area contributed by atoms with Crippen LogP contribution in [-0.2, 0) is 4.79 Å². The number of carboxylic acid groups (broad SMARTS) is 1. The smallest absolute Gasteiger partial charge is 0.326 e. The van der Waals surface area contributed by atoms with Crippen LogP contribution in [0.15, 0.2) is 18.2 Å². The summed E-state index contributed by atoms with van der Waals surface area (Å²) in [5, 5.41) is 23.0. The first-order chi connectivity index (χ1) is 9.99. The number of nitrogens with zero attached hydrogens (tertiary/aromatic N) is 1. The van der Waals surface area contributed by atoms with Crippen LogP contribution in [0.4, 0.5) is 15.8 Å². The molecule has 2 rings (SSSR count). The lowest BCUT2D eigenvalue weighted by molar-refractivity contribution is -0.384. The molecule has 7 heteroatoms. The highest BCUT2D eigenvalue weighted by molar-refractivity contribution is 5.79. The molecule has 1 atom stereocenters. The van der Waals surface area contributed by atoms with E-state index in [2.05, 4.69) is 5.32 Å². The van der Waals surface area contributed by atoms with Gasteiger partial charge in [0.2, 0.25) is 0 Å². The normalized spacial score (nSPS) is 17.2. The highest BCUT2D eigenvalue weighted by atomic mass is 19.1. The number of nitro benzene ring substituents is 1. The predicted molar refractivity (Wildman–Crippen MR) is 74.7 cm³/mol. The highest BCUT2D eigenvalue weighted by Crippen LogP contribution is 2.31. The Kier molecular flexibility index (Phi) is 4.72.